The highest BCUT2D eigenvalue weighted by Crippen LogP contribution is 2.67. The van der Waals surface area contributed by atoms with Gasteiger partial charge in [0.2, 0.25) is 23.6 Å². The predicted octanol–water partition coefficient (Wildman–Crippen LogP) is 12.5. The van der Waals surface area contributed by atoms with Crippen molar-refractivity contribution in [2.45, 2.75) is 343 Å². The molecule has 0 aliphatic heterocycles. The lowest BCUT2D eigenvalue weighted by atomic mass is 9.47. The Morgan fingerprint density at radius 3 is 1.52 bits per heavy atom. The molecule has 9 N–H and O–H groups in total. The summed E-state index contributed by atoms with van der Waals surface area (Å²) in [5, 5.41) is 40.0. The highest BCUT2D eigenvalue weighted by molar-refractivity contribution is 5.87. The van der Waals surface area contributed by atoms with Crippen LogP contribution in [0.3, 0.4) is 0 Å². The number of allylic oxidation sites excluding steroid dienone is 1. The van der Waals surface area contributed by atoms with Crippen molar-refractivity contribution in [2.75, 3.05) is 19.8 Å². The molecule has 640 valence electrons. The molecule has 4 amide bonds. The molecule has 114 heavy (non-hydrogen) atoms. The van der Waals surface area contributed by atoms with Gasteiger partial charge in [0.25, 0.3) is 0 Å². The molecule has 3 saturated carbocycles. The number of ether oxygens (including phenoxy) is 4. The first-order valence-corrected chi connectivity index (χ1v) is 42.8. The Morgan fingerprint density at radius 2 is 1.02 bits per heavy atom. The zero-order valence-corrected chi connectivity index (χ0v) is 69.6. The number of aromatic nitrogens is 6. The highest BCUT2D eigenvalue weighted by atomic mass is 16.6. The van der Waals surface area contributed by atoms with E-state index in [0.29, 0.717) is 41.8 Å². The summed E-state index contributed by atoms with van der Waals surface area (Å²) in [6.07, 6.45) is 45.2. The van der Waals surface area contributed by atoms with E-state index >= 15 is 0 Å². The van der Waals surface area contributed by atoms with Crippen LogP contribution in [0.1, 0.15) is 310 Å². The molecule has 0 saturated heterocycles. The summed E-state index contributed by atoms with van der Waals surface area (Å²) in [6.45, 7) is 17.9. The van der Waals surface area contributed by atoms with Gasteiger partial charge in [0.15, 0.2) is 6.10 Å². The minimum atomic E-state index is -1.36. The number of rotatable bonds is 53. The fourth-order valence-corrected chi connectivity index (χ4v) is 17.1. The van der Waals surface area contributed by atoms with Crippen molar-refractivity contribution in [1.82, 2.24) is 51.2 Å². The van der Waals surface area contributed by atoms with E-state index in [9.17, 15) is 68.1 Å². The van der Waals surface area contributed by atoms with E-state index < -0.39 is 77.8 Å². The van der Waals surface area contributed by atoms with Crippen LogP contribution in [0.15, 0.2) is 49.2 Å². The van der Waals surface area contributed by atoms with Crippen LogP contribution in [0, 0.1) is 46.3 Å². The van der Waals surface area contributed by atoms with E-state index in [1.54, 1.807) is 6.92 Å². The van der Waals surface area contributed by atoms with Crippen LogP contribution in [0.4, 0.5) is 0 Å². The number of aromatic amines is 3. The second-order valence-corrected chi connectivity index (χ2v) is 33.0. The van der Waals surface area contributed by atoms with Crippen molar-refractivity contribution in [3.63, 3.8) is 0 Å². The van der Waals surface area contributed by atoms with Gasteiger partial charge in [0.1, 0.15) is 31.4 Å². The van der Waals surface area contributed by atoms with Gasteiger partial charge in [-0.1, -0.05) is 183 Å². The number of esters is 4. The van der Waals surface area contributed by atoms with Crippen molar-refractivity contribution in [2.24, 2.45) is 46.3 Å². The number of nitrogens with one attached hydrogen (secondary N) is 7. The topological polar surface area (TPSA) is 422 Å². The average molecular weight is 1600 g/mol. The van der Waals surface area contributed by atoms with E-state index in [0.717, 1.165) is 86.9 Å². The lowest BCUT2D eigenvalue weighted by Crippen LogP contribution is -2.51. The summed E-state index contributed by atoms with van der Waals surface area (Å²) in [4.78, 5) is 151. The largest absolute Gasteiger partial charge is 0.548 e. The number of carboxylic acid groups (broad SMARTS) is 3. The number of amides is 4. The number of fused-ring (bicyclic) bond motifs is 5. The molecule has 12 unspecified atom stereocenters. The Bertz CT molecular complexity index is 3380. The molecule has 7 rings (SSSR count). The van der Waals surface area contributed by atoms with Gasteiger partial charge >= 0.3 is 35.8 Å². The normalized spacial score (nSPS) is 20.6. The molecule has 12 atom stereocenters. The maximum atomic E-state index is 12.8. The Morgan fingerprint density at radius 1 is 0.518 bits per heavy atom. The van der Waals surface area contributed by atoms with Crippen molar-refractivity contribution in [3.05, 3.63) is 66.3 Å². The van der Waals surface area contributed by atoms with Crippen LogP contribution < -0.4 is 26.4 Å². The third-order valence-electron chi connectivity index (χ3n) is 23.5. The van der Waals surface area contributed by atoms with Crippen LogP contribution in [0.2, 0.25) is 0 Å². The van der Waals surface area contributed by atoms with E-state index in [2.05, 4.69) is 98.8 Å². The number of carbonyl (C=O) groups is 11. The zero-order chi connectivity index (χ0) is 83.3. The first-order chi connectivity index (χ1) is 54.7. The molecular formula is C86H137N10O18-. The molecular weight excluding hydrogens is 1460 g/mol. The molecule has 4 aliphatic rings. The van der Waals surface area contributed by atoms with Gasteiger partial charge in [-0.2, -0.15) is 0 Å². The van der Waals surface area contributed by atoms with Gasteiger partial charge in [-0.05, 0) is 111 Å². The average Bonchev–Trinajstić information content (AvgIpc) is 1.43. The smallest absolute Gasteiger partial charge is 0.326 e. The maximum absolute atomic E-state index is 12.8. The Balaban J connectivity index is 0.000000310. The third kappa shape index (κ3) is 35.7. The van der Waals surface area contributed by atoms with Gasteiger partial charge in [-0.3, -0.25) is 38.4 Å². The fourth-order valence-electron chi connectivity index (χ4n) is 17.1. The van der Waals surface area contributed by atoms with Gasteiger partial charge < -0.3 is 75.3 Å². The minimum Gasteiger partial charge on any atom is -0.548 e. The molecule has 0 bridgehead atoms. The van der Waals surface area contributed by atoms with E-state index in [1.165, 1.54) is 165 Å². The highest BCUT2D eigenvalue weighted by Gasteiger charge is 2.59. The lowest BCUT2D eigenvalue weighted by Gasteiger charge is -2.58. The molecule has 0 aromatic carbocycles. The second kappa shape index (κ2) is 52.9. The molecule has 3 heterocycles. The first kappa shape index (κ1) is 96.1. The van der Waals surface area contributed by atoms with Gasteiger partial charge in [-0.15, -0.1) is 0 Å². The van der Waals surface area contributed by atoms with Crippen LogP contribution in [-0.4, -0.2) is 156 Å². The number of hydrogen-bond acceptors (Lipinski definition) is 19. The number of nitrogens with zero attached hydrogens (tertiary/aromatic N) is 3. The van der Waals surface area contributed by atoms with Gasteiger partial charge in [-0.25, -0.2) is 24.5 Å². The summed E-state index contributed by atoms with van der Waals surface area (Å²) in [5.41, 5.74) is 3.89. The van der Waals surface area contributed by atoms with Crippen molar-refractivity contribution in [3.8, 4) is 0 Å². The summed E-state index contributed by atoms with van der Waals surface area (Å²) < 4.78 is 21.3. The Labute approximate surface area is 675 Å². The van der Waals surface area contributed by atoms with Crippen LogP contribution in [-0.2, 0) is 90.9 Å². The molecule has 3 fully saturated rings. The molecule has 28 heteroatoms. The van der Waals surface area contributed by atoms with Gasteiger partial charge in [0, 0.05) is 106 Å². The molecule has 3 aromatic rings. The molecule has 3 aromatic heterocycles. The number of aliphatic carboxylic acids is 3. The second-order valence-electron chi connectivity index (χ2n) is 33.0. The van der Waals surface area contributed by atoms with E-state index in [1.807, 2.05) is 6.92 Å². The van der Waals surface area contributed by atoms with Crippen LogP contribution >= 0.6 is 0 Å². The summed E-state index contributed by atoms with van der Waals surface area (Å²) >= 11 is 0. The number of imidazole rings is 3. The van der Waals surface area contributed by atoms with E-state index in [4.69, 9.17) is 18.9 Å². The number of carbonyl (C=O) groups excluding carboxylic acids is 9. The lowest BCUT2D eigenvalue weighted by molar-refractivity contribution is -0.308. The molecule has 0 spiro atoms. The van der Waals surface area contributed by atoms with Crippen molar-refractivity contribution >= 4 is 65.4 Å². The molecule has 0 radical (unpaired) electrons. The first-order valence-electron chi connectivity index (χ1n) is 42.8. The SMILES string of the molecule is CC(C)CCCC(C)C1CCC2C3CC=C4CC(OC(=O)CCC(=O)NC(Cc5cnc[nH]5)C(=O)O)CCC4(C)C3CCC12C.CCCCC(=O)OCC(COC(=O)CCC(=O)NC(Cc1cnc[nH]1)C(=O)O)OC(=O)CCC.CCCCCCCCCCCCCCCCCC(=O)NCCC(=O)NC(Cc1cnc[nH]1)C(=O)[O-]. The third-order valence-corrected chi connectivity index (χ3v) is 23.5. The van der Waals surface area contributed by atoms with E-state index in [-0.39, 0.29) is 107 Å². The quantitative estimate of drug-likeness (QED) is 0.0110. The number of carboxylic acids is 3. The standard InChI is InChI=1S/C37H57N3O5.C27H48N4O4.C22H33N3O9/c1-23(2)7-6-8-24(3)29-11-12-30-28-10-9-25-19-27(15-17-36(25,4)31(28)16-18-37(29,30)5)45-34(42)14-13-33(41)40-32(35(43)44)20-26-21-38-22-39-26;1-2-3-4-5-6-7-8-9-10-11-12-13-14-15-16-17-25(32)29-19-18-26(33)31-24(27(34)35)20-23-21-28-22-30-23;1-3-5-7-19(27)32-12-16(34-21(29)6-4-2)13-33-20(28)9-8-18(26)25-17(22(30)31)10-15-11-23-14-24-15/h9,21-24,27-32H,6-8,10-20H2,1-5H3,(H,38,39)(H,40,41)(H,43,44);21-22,24H,2-20H2,1H3,(H,28,30)(H,29,32)(H,31,33)(H,34,35);11,14,16-17H,3-10,12-13H2,1-2H3,(H,23,24)(H,25,26)(H,30,31)/p-1. The Kier molecular flexibility index (Phi) is 44.6. The molecule has 28 nitrogen and oxygen atoms in total. The number of unbranched alkanes of at least 4 members (excludes halogenated alkanes) is 15. The predicted molar refractivity (Wildman–Crippen MR) is 428 cm³/mol. The van der Waals surface area contributed by atoms with Crippen molar-refractivity contribution < 1.29 is 87.0 Å². The monoisotopic (exact) mass is 1600 g/mol. The molecule has 4 aliphatic carbocycles. The van der Waals surface area contributed by atoms with Crippen molar-refractivity contribution in [1.29, 1.82) is 0 Å². The zero-order valence-electron chi connectivity index (χ0n) is 69.6. The summed E-state index contributed by atoms with van der Waals surface area (Å²) in [6, 6.07) is -3.41. The fraction of sp³-hybridized carbons (Fsp3) is 0.744. The Hall–Kier alpha value is -8.46. The van der Waals surface area contributed by atoms with Gasteiger partial charge in [0.05, 0.1) is 43.8 Å². The summed E-state index contributed by atoms with van der Waals surface area (Å²) in [7, 11) is 0. The number of hydrogen-bond donors (Lipinski definition) is 9. The summed E-state index contributed by atoms with van der Waals surface area (Å²) in [5.74, 6) is -2.63. The van der Waals surface area contributed by atoms with Crippen LogP contribution in [0.5, 0.6) is 0 Å². The maximum Gasteiger partial charge on any atom is 0.326 e. The number of H-pyrrole nitrogens is 3. The van der Waals surface area contributed by atoms with Crippen LogP contribution in [0.25, 0.3) is 0 Å². The minimum absolute atomic E-state index is 0.00725.